The van der Waals surface area contributed by atoms with E-state index in [1.807, 2.05) is 28.3 Å². The van der Waals surface area contributed by atoms with E-state index < -0.39 is 9.84 Å². The molecule has 0 N–H and O–H groups in total. The Labute approximate surface area is 135 Å². The van der Waals surface area contributed by atoms with Gasteiger partial charge in [-0.15, -0.1) is 11.3 Å². The molecule has 1 aromatic rings. The minimum Gasteiger partial charge on any atom is -0.334 e. The quantitative estimate of drug-likeness (QED) is 0.833. The number of carbonyl (C=O) groups is 1. The maximum atomic E-state index is 12.6. The van der Waals surface area contributed by atoms with E-state index >= 15 is 0 Å². The molecule has 0 radical (unpaired) electrons. The fraction of sp³-hybridized carbons (Fsp3) is 0.667. The molecule has 0 saturated carbocycles. The largest absolute Gasteiger partial charge is 0.334 e. The lowest BCUT2D eigenvalue weighted by Crippen LogP contribution is -2.42. The molecule has 0 unspecified atom stereocenters. The zero-order valence-corrected chi connectivity index (χ0v) is 14.4. The number of nitrogens with zero attached hydrogens (tertiary/aromatic N) is 2. The number of likely N-dealkylation sites (tertiary alicyclic amines) is 1. The molecule has 7 heteroatoms. The summed E-state index contributed by atoms with van der Waals surface area (Å²) in [5.74, 6) is 0.547. The number of sulfone groups is 1. The molecule has 0 aromatic carbocycles. The van der Waals surface area contributed by atoms with Crippen LogP contribution in [0.1, 0.15) is 30.2 Å². The minimum absolute atomic E-state index is 0.0169. The summed E-state index contributed by atoms with van der Waals surface area (Å²) in [6.45, 7) is 1.11. The number of thiophene rings is 1. The van der Waals surface area contributed by atoms with Crippen LogP contribution in [0.25, 0.3) is 0 Å². The van der Waals surface area contributed by atoms with Crippen molar-refractivity contribution in [3.8, 4) is 0 Å². The van der Waals surface area contributed by atoms with Crippen LogP contribution in [0.15, 0.2) is 17.5 Å². The van der Waals surface area contributed by atoms with Crippen LogP contribution in [-0.2, 0) is 14.6 Å². The van der Waals surface area contributed by atoms with Gasteiger partial charge >= 0.3 is 0 Å². The predicted octanol–water partition coefficient (Wildman–Crippen LogP) is 1.53. The van der Waals surface area contributed by atoms with Crippen LogP contribution in [0.5, 0.6) is 0 Å². The van der Waals surface area contributed by atoms with E-state index in [-0.39, 0.29) is 29.5 Å². The number of likely N-dealkylation sites (N-methyl/N-ethyl adjacent to an activating group) is 1. The molecule has 122 valence electrons. The Hall–Kier alpha value is -0.920. The summed E-state index contributed by atoms with van der Waals surface area (Å²) in [5.41, 5.74) is 0. The van der Waals surface area contributed by atoms with Crippen LogP contribution >= 0.6 is 11.3 Å². The predicted molar refractivity (Wildman–Crippen MR) is 87.7 cm³/mol. The number of hydrogen-bond acceptors (Lipinski definition) is 5. The molecule has 22 heavy (non-hydrogen) atoms. The van der Waals surface area contributed by atoms with Gasteiger partial charge in [0, 0.05) is 17.5 Å². The summed E-state index contributed by atoms with van der Waals surface area (Å²) in [5, 5.41) is 2.05. The summed E-state index contributed by atoms with van der Waals surface area (Å²) < 4.78 is 23.1. The molecule has 0 bridgehead atoms. The van der Waals surface area contributed by atoms with Crippen molar-refractivity contribution < 1.29 is 13.2 Å². The highest BCUT2D eigenvalue weighted by molar-refractivity contribution is 7.91. The van der Waals surface area contributed by atoms with Gasteiger partial charge in [0.05, 0.1) is 24.1 Å². The number of rotatable bonds is 4. The molecule has 2 aliphatic heterocycles. The fourth-order valence-electron chi connectivity index (χ4n) is 3.40. The van der Waals surface area contributed by atoms with E-state index in [0.29, 0.717) is 13.0 Å². The number of hydrogen-bond donors (Lipinski definition) is 0. The van der Waals surface area contributed by atoms with E-state index in [9.17, 15) is 13.2 Å². The smallest absolute Gasteiger partial charge is 0.237 e. The first-order chi connectivity index (χ1) is 10.5. The Morgan fingerprint density at radius 3 is 2.91 bits per heavy atom. The van der Waals surface area contributed by atoms with Crippen molar-refractivity contribution in [2.24, 2.45) is 0 Å². The van der Waals surface area contributed by atoms with Crippen LogP contribution in [-0.4, -0.2) is 61.8 Å². The van der Waals surface area contributed by atoms with Crippen LogP contribution < -0.4 is 0 Å². The third kappa shape index (κ3) is 3.36. The zero-order valence-electron chi connectivity index (χ0n) is 12.8. The lowest BCUT2D eigenvalue weighted by molar-refractivity contribution is -0.133. The Balaban J connectivity index is 1.62. The highest BCUT2D eigenvalue weighted by atomic mass is 32.2. The van der Waals surface area contributed by atoms with Gasteiger partial charge in [-0.2, -0.15) is 0 Å². The van der Waals surface area contributed by atoms with E-state index in [4.69, 9.17) is 0 Å². The summed E-state index contributed by atoms with van der Waals surface area (Å²) >= 11 is 1.70. The molecule has 1 aromatic heterocycles. The van der Waals surface area contributed by atoms with E-state index in [2.05, 4.69) is 6.07 Å². The van der Waals surface area contributed by atoms with Gasteiger partial charge in [0.25, 0.3) is 0 Å². The van der Waals surface area contributed by atoms with Crippen LogP contribution in [0.4, 0.5) is 0 Å². The molecule has 1 amide bonds. The van der Waals surface area contributed by atoms with Crippen molar-refractivity contribution >= 4 is 27.1 Å². The van der Waals surface area contributed by atoms with Gasteiger partial charge in [0.2, 0.25) is 5.91 Å². The summed E-state index contributed by atoms with van der Waals surface area (Å²) in [6, 6.07) is 4.30. The highest BCUT2D eigenvalue weighted by Crippen LogP contribution is 2.34. The Kier molecular flexibility index (Phi) is 4.56. The van der Waals surface area contributed by atoms with Crippen molar-refractivity contribution in [2.75, 3.05) is 31.6 Å². The van der Waals surface area contributed by atoms with Crippen molar-refractivity contribution in [3.63, 3.8) is 0 Å². The van der Waals surface area contributed by atoms with E-state index in [1.165, 1.54) is 4.88 Å². The van der Waals surface area contributed by atoms with Gasteiger partial charge in [0.15, 0.2) is 9.84 Å². The SMILES string of the molecule is CN(CC(=O)N1CCC[C@H]1c1cccs1)[C@H]1CCS(=O)(=O)C1. The van der Waals surface area contributed by atoms with Crippen molar-refractivity contribution in [1.29, 1.82) is 0 Å². The first kappa shape index (κ1) is 16.0. The van der Waals surface area contributed by atoms with Crippen molar-refractivity contribution in [1.82, 2.24) is 9.80 Å². The second kappa shape index (κ2) is 6.29. The number of carbonyl (C=O) groups excluding carboxylic acids is 1. The number of amides is 1. The average molecular weight is 342 g/mol. The molecule has 5 nitrogen and oxygen atoms in total. The van der Waals surface area contributed by atoms with Gasteiger partial charge in [-0.3, -0.25) is 9.69 Å². The van der Waals surface area contributed by atoms with E-state index in [1.54, 1.807) is 11.3 Å². The van der Waals surface area contributed by atoms with Gasteiger partial charge in [-0.25, -0.2) is 8.42 Å². The molecular weight excluding hydrogens is 320 g/mol. The van der Waals surface area contributed by atoms with Gasteiger partial charge < -0.3 is 4.90 Å². The zero-order chi connectivity index (χ0) is 15.7. The normalized spacial score (nSPS) is 27.6. The highest BCUT2D eigenvalue weighted by Gasteiger charge is 2.34. The lowest BCUT2D eigenvalue weighted by Gasteiger charge is -2.28. The molecule has 2 fully saturated rings. The lowest BCUT2D eigenvalue weighted by atomic mass is 10.2. The third-order valence-electron chi connectivity index (χ3n) is 4.66. The topological polar surface area (TPSA) is 57.7 Å². The first-order valence-electron chi connectivity index (χ1n) is 7.70. The van der Waals surface area contributed by atoms with Crippen LogP contribution in [0.3, 0.4) is 0 Å². The molecule has 2 atom stereocenters. The van der Waals surface area contributed by atoms with Crippen LogP contribution in [0, 0.1) is 0 Å². The monoisotopic (exact) mass is 342 g/mol. The molecule has 3 heterocycles. The molecule has 0 spiro atoms. The molecular formula is C15H22N2O3S2. The summed E-state index contributed by atoms with van der Waals surface area (Å²) in [6.07, 6.45) is 2.70. The first-order valence-corrected chi connectivity index (χ1v) is 10.4. The van der Waals surface area contributed by atoms with E-state index in [0.717, 1.165) is 19.4 Å². The second-order valence-corrected chi connectivity index (χ2v) is 9.44. The Morgan fingerprint density at radius 2 is 2.27 bits per heavy atom. The summed E-state index contributed by atoms with van der Waals surface area (Å²) in [4.78, 5) is 17.7. The molecule has 3 rings (SSSR count). The Morgan fingerprint density at radius 1 is 1.45 bits per heavy atom. The standard InChI is InChI=1S/C15H22N2O3S2/c1-16(12-6-9-22(19,20)11-12)10-15(18)17-7-2-4-13(17)14-5-3-8-21-14/h3,5,8,12-13H,2,4,6-7,9-11H2,1H3/t12-,13-/m0/s1. The van der Waals surface area contributed by atoms with Crippen LogP contribution in [0.2, 0.25) is 0 Å². The van der Waals surface area contributed by atoms with Gasteiger partial charge in [0.1, 0.15) is 0 Å². The maximum Gasteiger partial charge on any atom is 0.237 e. The minimum atomic E-state index is -2.91. The summed E-state index contributed by atoms with van der Waals surface area (Å²) in [7, 11) is -1.05. The molecule has 2 saturated heterocycles. The van der Waals surface area contributed by atoms with Crippen molar-refractivity contribution in [3.05, 3.63) is 22.4 Å². The fourth-order valence-corrected chi connectivity index (χ4v) is 6.08. The second-order valence-electron chi connectivity index (χ2n) is 6.23. The molecule has 0 aliphatic carbocycles. The molecule has 2 aliphatic rings. The Bertz CT molecular complexity index is 627. The van der Waals surface area contributed by atoms with Gasteiger partial charge in [-0.05, 0) is 37.8 Å². The average Bonchev–Trinajstić information content (AvgIpc) is 3.17. The van der Waals surface area contributed by atoms with Crippen molar-refractivity contribution in [2.45, 2.75) is 31.3 Å². The maximum absolute atomic E-state index is 12.6. The van der Waals surface area contributed by atoms with Gasteiger partial charge in [-0.1, -0.05) is 6.07 Å². The third-order valence-corrected chi connectivity index (χ3v) is 7.39.